The lowest BCUT2D eigenvalue weighted by Gasteiger charge is -2.10. The molecule has 2 aromatic rings. The summed E-state index contributed by atoms with van der Waals surface area (Å²) in [6, 6.07) is 3.44. The molecule has 2 heterocycles. The minimum atomic E-state index is -4.53. The third kappa shape index (κ3) is 4.72. The number of halogens is 3. The molecule has 0 bridgehead atoms. The van der Waals surface area contributed by atoms with E-state index in [9.17, 15) is 18.0 Å². The third-order valence-electron chi connectivity index (χ3n) is 2.52. The molecule has 0 saturated heterocycles. The Labute approximate surface area is 138 Å². The Morgan fingerprint density at radius 1 is 1.50 bits per heavy atom. The van der Waals surface area contributed by atoms with Gasteiger partial charge in [0, 0.05) is 12.3 Å². The van der Waals surface area contributed by atoms with Gasteiger partial charge in [0.15, 0.2) is 11.5 Å². The van der Waals surface area contributed by atoms with Crippen LogP contribution in [-0.4, -0.2) is 27.7 Å². The molecule has 0 atom stereocenters. The fourth-order valence-electron chi connectivity index (χ4n) is 1.50. The van der Waals surface area contributed by atoms with E-state index in [-0.39, 0.29) is 22.3 Å². The largest absolute Gasteiger partial charge is 0.419 e. The van der Waals surface area contributed by atoms with Crippen molar-refractivity contribution >= 4 is 23.6 Å². The van der Waals surface area contributed by atoms with Crippen molar-refractivity contribution < 1.29 is 27.3 Å². The molecule has 0 spiro atoms. The van der Waals surface area contributed by atoms with Crippen molar-refractivity contribution in [2.75, 3.05) is 5.75 Å². The van der Waals surface area contributed by atoms with Gasteiger partial charge in [0.1, 0.15) is 10.8 Å². The van der Waals surface area contributed by atoms with Crippen molar-refractivity contribution in [1.82, 2.24) is 10.1 Å². The van der Waals surface area contributed by atoms with Crippen LogP contribution in [0.2, 0.25) is 0 Å². The average Bonchev–Trinajstić information content (AvgIpc) is 2.96. The fraction of sp³-hybridized carbons (Fsp3) is 0.231. The Morgan fingerprint density at radius 3 is 2.88 bits per heavy atom. The summed E-state index contributed by atoms with van der Waals surface area (Å²) < 4.78 is 43.1. The molecule has 0 fully saturated rings. The van der Waals surface area contributed by atoms with E-state index in [1.54, 1.807) is 6.92 Å². The second-order valence-electron chi connectivity index (χ2n) is 4.43. The Balaban J connectivity index is 1.96. The molecule has 0 saturated carbocycles. The number of nitrogens with zero attached hydrogens (tertiary/aromatic N) is 3. The van der Waals surface area contributed by atoms with Crippen LogP contribution in [0.1, 0.15) is 21.8 Å². The van der Waals surface area contributed by atoms with E-state index in [1.165, 1.54) is 18.3 Å². The van der Waals surface area contributed by atoms with Crippen molar-refractivity contribution in [2.24, 2.45) is 10.9 Å². The van der Waals surface area contributed by atoms with E-state index < -0.39 is 17.7 Å². The van der Waals surface area contributed by atoms with Gasteiger partial charge in [0.2, 0.25) is 0 Å². The molecular formula is C13H11F3N4O3S. The Hall–Kier alpha value is -2.56. The van der Waals surface area contributed by atoms with Crippen LogP contribution in [-0.2, 0) is 11.0 Å². The van der Waals surface area contributed by atoms with Gasteiger partial charge in [0.25, 0.3) is 0 Å². The topological polar surface area (TPSA) is 104 Å². The van der Waals surface area contributed by atoms with Crippen LogP contribution in [0.25, 0.3) is 0 Å². The van der Waals surface area contributed by atoms with Crippen LogP contribution in [0.3, 0.4) is 0 Å². The summed E-state index contributed by atoms with van der Waals surface area (Å²) in [5.74, 6) is -0.823. The van der Waals surface area contributed by atoms with Crippen molar-refractivity contribution in [3.63, 3.8) is 0 Å². The van der Waals surface area contributed by atoms with Gasteiger partial charge in [-0.15, -0.1) is 0 Å². The second kappa shape index (κ2) is 7.34. The molecule has 7 nitrogen and oxygen atoms in total. The van der Waals surface area contributed by atoms with Crippen LogP contribution >= 0.6 is 11.8 Å². The molecule has 0 aliphatic rings. The van der Waals surface area contributed by atoms with Gasteiger partial charge in [-0.3, -0.25) is 0 Å². The highest BCUT2D eigenvalue weighted by molar-refractivity contribution is 8.00. The monoisotopic (exact) mass is 360 g/mol. The summed E-state index contributed by atoms with van der Waals surface area (Å²) in [5.41, 5.74) is 4.54. The van der Waals surface area contributed by atoms with Crippen molar-refractivity contribution in [3.8, 4) is 0 Å². The summed E-state index contributed by atoms with van der Waals surface area (Å²) in [6.07, 6.45) is -3.29. The molecule has 0 aliphatic heterocycles. The number of nitrogens with two attached hydrogens (primary N) is 1. The molecule has 2 rings (SSSR count). The number of amidine groups is 1. The molecule has 128 valence electrons. The third-order valence-corrected chi connectivity index (χ3v) is 3.56. The molecule has 0 unspecified atom stereocenters. The van der Waals surface area contributed by atoms with Gasteiger partial charge in [0.05, 0.1) is 11.3 Å². The number of aromatic nitrogens is 2. The van der Waals surface area contributed by atoms with Crippen LogP contribution in [0.4, 0.5) is 13.2 Å². The predicted molar refractivity (Wildman–Crippen MR) is 78.2 cm³/mol. The number of pyridine rings is 1. The lowest BCUT2D eigenvalue weighted by molar-refractivity contribution is -0.140. The smallest absolute Gasteiger partial charge is 0.384 e. The number of rotatable bonds is 5. The van der Waals surface area contributed by atoms with Crippen LogP contribution in [0.15, 0.2) is 39.1 Å². The number of hydrogen-bond donors (Lipinski definition) is 1. The van der Waals surface area contributed by atoms with E-state index in [0.29, 0.717) is 5.76 Å². The van der Waals surface area contributed by atoms with Gasteiger partial charge >= 0.3 is 12.1 Å². The van der Waals surface area contributed by atoms with Gasteiger partial charge in [-0.1, -0.05) is 22.1 Å². The summed E-state index contributed by atoms with van der Waals surface area (Å²) in [6.45, 7) is 1.59. The maximum atomic E-state index is 12.8. The molecule has 0 aliphatic carbocycles. The summed E-state index contributed by atoms with van der Waals surface area (Å²) in [5, 5.41) is 6.53. The zero-order chi connectivity index (χ0) is 17.7. The zero-order valence-electron chi connectivity index (χ0n) is 12.2. The van der Waals surface area contributed by atoms with E-state index in [4.69, 9.17) is 10.3 Å². The first kappa shape index (κ1) is 17.8. The minimum Gasteiger partial charge on any atom is -0.384 e. The number of carbonyl (C=O) groups excluding carboxylic acids is 1. The number of thioether (sulfide) groups is 1. The van der Waals surface area contributed by atoms with Crippen molar-refractivity contribution in [1.29, 1.82) is 0 Å². The van der Waals surface area contributed by atoms with E-state index in [1.807, 2.05) is 0 Å². The van der Waals surface area contributed by atoms with Gasteiger partial charge < -0.3 is 15.1 Å². The normalized spacial score (nSPS) is 12.2. The van der Waals surface area contributed by atoms with Crippen molar-refractivity contribution in [2.45, 2.75) is 18.1 Å². The van der Waals surface area contributed by atoms with Gasteiger partial charge in [-0.25, -0.2) is 9.78 Å². The first-order chi connectivity index (χ1) is 11.3. The Kier molecular flexibility index (Phi) is 5.44. The van der Waals surface area contributed by atoms with Crippen molar-refractivity contribution in [3.05, 3.63) is 41.4 Å². The lowest BCUT2D eigenvalue weighted by Crippen LogP contribution is -2.17. The molecule has 0 aromatic carbocycles. The highest BCUT2D eigenvalue weighted by Crippen LogP contribution is 2.35. The highest BCUT2D eigenvalue weighted by atomic mass is 32.2. The zero-order valence-corrected chi connectivity index (χ0v) is 13.0. The first-order valence-electron chi connectivity index (χ1n) is 6.39. The molecular weight excluding hydrogens is 349 g/mol. The Morgan fingerprint density at radius 2 is 2.25 bits per heavy atom. The maximum Gasteiger partial charge on any atom is 0.419 e. The fourth-order valence-corrected chi connectivity index (χ4v) is 2.31. The SMILES string of the molecule is Cc1cc(C(=O)O/N=C(/N)CSc2ncccc2C(F)(F)F)no1. The van der Waals surface area contributed by atoms with Crippen LogP contribution < -0.4 is 5.73 Å². The molecule has 2 aromatic heterocycles. The highest BCUT2D eigenvalue weighted by Gasteiger charge is 2.34. The molecule has 11 heteroatoms. The quantitative estimate of drug-likeness (QED) is 0.287. The minimum absolute atomic E-state index is 0.0965. The molecule has 0 amide bonds. The maximum absolute atomic E-state index is 12.8. The van der Waals surface area contributed by atoms with Gasteiger partial charge in [-0.2, -0.15) is 13.2 Å². The molecule has 0 radical (unpaired) electrons. The van der Waals surface area contributed by atoms with E-state index in [0.717, 1.165) is 17.8 Å². The Bertz CT molecular complexity index is 761. The summed E-state index contributed by atoms with van der Waals surface area (Å²) in [7, 11) is 0. The summed E-state index contributed by atoms with van der Waals surface area (Å²) >= 11 is 0.721. The number of oxime groups is 1. The number of aryl methyl sites for hydroxylation is 1. The summed E-state index contributed by atoms with van der Waals surface area (Å²) in [4.78, 5) is 19.7. The molecule has 2 N–H and O–H groups in total. The van der Waals surface area contributed by atoms with Crippen LogP contribution in [0, 0.1) is 6.92 Å². The molecule has 24 heavy (non-hydrogen) atoms. The standard InChI is InChI=1S/C13H11F3N4O3S/c1-7-5-9(19-22-7)12(21)23-20-10(17)6-24-11-8(13(14,15)16)3-2-4-18-11/h2-5H,6H2,1H3,(H2,17,20). The van der Waals surface area contributed by atoms with E-state index in [2.05, 4.69) is 20.1 Å². The first-order valence-corrected chi connectivity index (χ1v) is 7.38. The van der Waals surface area contributed by atoms with Crippen LogP contribution in [0.5, 0.6) is 0 Å². The lowest BCUT2D eigenvalue weighted by atomic mass is 10.3. The van der Waals surface area contributed by atoms with Gasteiger partial charge in [-0.05, 0) is 19.1 Å². The second-order valence-corrected chi connectivity index (χ2v) is 5.39. The number of carbonyl (C=O) groups is 1. The van der Waals surface area contributed by atoms with E-state index >= 15 is 0 Å². The number of alkyl halides is 3. The number of hydrogen-bond acceptors (Lipinski definition) is 7. The predicted octanol–water partition coefficient (Wildman–Crippen LogP) is 2.62. The average molecular weight is 360 g/mol.